The SMILES string of the molecule is CC(=O)OCC1=C(C(=O)O)N2C(=O)[C@@H](NC(=O)c3ccc(C)cc3)[C@H]2S(=O)(=O)C1. The number of amides is 2. The zero-order chi connectivity index (χ0) is 21.5. The first kappa shape index (κ1) is 20.5. The number of carboxylic acids is 1. The number of carbonyl (C=O) groups is 4. The number of sulfone groups is 1. The van der Waals surface area contributed by atoms with Crippen molar-refractivity contribution < 1.29 is 37.4 Å². The number of aliphatic carboxylic acids is 1. The van der Waals surface area contributed by atoms with E-state index >= 15 is 0 Å². The molecule has 0 saturated carbocycles. The number of hydrogen-bond donors (Lipinski definition) is 2. The molecule has 3 rings (SSSR count). The van der Waals surface area contributed by atoms with Crippen LogP contribution in [0.1, 0.15) is 22.8 Å². The fraction of sp³-hybridized carbons (Fsp3) is 0.333. The third-order valence-corrected chi connectivity index (χ3v) is 6.58. The Morgan fingerprint density at radius 3 is 2.41 bits per heavy atom. The summed E-state index contributed by atoms with van der Waals surface area (Å²) in [7, 11) is -4.03. The third kappa shape index (κ3) is 3.73. The van der Waals surface area contributed by atoms with E-state index in [-0.39, 0.29) is 11.1 Å². The average molecular weight is 422 g/mol. The number of aryl methyl sites for hydroxylation is 1. The Labute approximate surface area is 166 Å². The Kier molecular flexibility index (Phi) is 5.18. The molecule has 11 heteroatoms. The summed E-state index contributed by atoms with van der Waals surface area (Å²) in [5.41, 5.74) is 0.399. The lowest BCUT2D eigenvalue weighted by molar-refractivity contribution is -0.149. The largest absolute Gasteiger partial charge is 0.477 e. The summed E-state index contributed by atoms with van der Waals surface area (Å²) in [5.74, 6) is -4.46. The quantitative estimate of drug-likeness (QED) is 0.481. The van der Waals surface area contributed by atoms with E-state index in [1.807, 2.05) is 6.92 Å². The van der Waals surface area contributed by atoms with Gasteiger partial charge in [-0.3, -0.25) is 19.3 Å². The van der Waals surface area contributed by atoms with Gasteiger partial charge < -0.3 is 15.2 Å². The first-order chi connectivity index (χ1) is 13.5. The van der Waals surface area contributed by atoms with Crippen LogP contribution in [0.15, 0.2) is 35.5 Å². The van der Waals surface area contributed by atoms with Crippen molar-refractivity contribution in [2.24, 2.45) is 0 Å². The van der Waals surface area contributed by atoms with Gasteiger partial charge >= 0.3 is 11.9 Å². The van der Waals surface area contributed by atoms with Crippen molar-refractivity contribution in [1.29, 1.82) is 0 Å². The van der Waals surface area contributed by atoms with Gasteiger partial charge in [0.2, 0.25) is 0 Å². The molecule has 2 aliphatic rings. The maximum atomic E-state index is 12.7. The molecule has 1 aromatic rings. The first-order valence-corrected chi connectivity index (χ1v) is 10.3. The highest BCUT2D eigenvalue weighted by Crippen LogP contribution is 2.37. The van der Waals surface area contributed by atoms with Gasteiger partial charge in [-0.05, 0) is 19.1 Å². The summed E-state index contributed by atoms with van der Waals surface area (Å²) in [4.78, 5) is 48.2. The maximum absolute atomic E-state index is 12.7. The van der Waals surface area contributed by atoms with E-state index in [4.69, 9.17) is 4.74 Å². The van der Waals surface area contributed by atoms with Gasteiger partial charge in [-0.2, -0.15) is 0 Å². The summed E-state index contributed by atoms with van der Waals surface area (Å²) < 4.78 is 30.1. The third-order valence-electron chi connectivity index (χ3n) is 4.61. The van der Waals surface area contributed by atoms with Crippen molar-refractivity contribution in [3.8, 4) is 0 Å². The second-order valence-corrected chi connectivity index (χ2v) is 8.86. The van der Waals surface area contributed by atoms with E-state index in [2.05, 4.69) is 5.32 Å². The van der Waals surface area contributed by atoms with E-state index < -0.39 is 63.1 Å². The average Bonchev–Trinajstić information content (AvgIpc) is 2.63. The van der Waals surface area contributed by atoms with Gasteiger partial charge in [0.05, 0.1) is 5.75 Å². The van der Waals surface area contributed by atoms with Crippen molar-refractivity contribution in [1.82, 2.24) is 10.2 Å². The summed E-state index contributed by atoms with van der Waals surface area (Å²) >= 11 is 0. The molecule has 0 aliphatic carbocycles. The first-order valence-electron chi connectivity index (χ1n) is 8.54. The smallest absolute Gasteiger partial charge is 0.352 e. The Morgan fingerprint density at radius 1 is 1.24 bits per heavy atom. The number of β-lactam (4-membered cyclic amide) rings is 1. The van der Waals surface area contributed by atoms with Gasteiger partial charge in [-0.15, -0.1) is 0 Å². The molecule has 2 amide bonds. The van der Waals surface area contributed by atoms with Gasteiger partial charge in [0, 0.05) is 18.1 Å². The van der Waals surface area contributed by atoms with E-state index in [0.29, 0.717) is 4.90 Å². The summed E-state index contributed by atoms with van der Waals surface area (Å²) in [6.07, 6.45) is 0. The number of benzene rings is 1. The summed E-state index contributed by atoms with van der Waals surface area (Å²) in [6.45, 7) is 2.36. The maximum Gasteiger partial charge on any atom is 0.352 e. The highest BCUT2D eigenvalue weighted by molar-refractivity contribution is 7.92. The summed E-state index contributed by atoms with van der Waals surface area (Å²) in [6, 6.07) is 5.03. The molecular weight excluding hydrogens is 404 g/mol. The van der Waals surface area contributed by atoms with Crippen molar-refractivity contribution in [3.05, 3.63) is 46.7 Å². The zero-order valence-electron chi connectivity index (χ0n) is 15.5. The van der Waals surface area contributed by atoms with Crippen LogP contribution in [0.5, 0.6) is 0 Å². The summed E-state index contributed by atoms with van der Waals surface area (Å²) in [5, 5.41) is 10.3. The topological polar surface area (TPSA) is 147 Å². The molecule has 0 unspecified atom stereocenters. The van der Waals surface area contributed by atoms with Gasteiger partial charge in [-0.1, -0.05) is 17.7 Å². The van der Waals surface area contributed by atoms with E-state index in [1.165, 1.54) is 12.1 Å². The molecule has 2 aliphatic heterocycles. The lowest BCUT2D eigenvalue weighted by Gasteiger charge is -2.48. The molecule has 1 fully saturated rings. The minimum Gasteiger partial charge on any atom is -0.477 e. The number of hydrogen-bond acceptors (Lipinski definition) is 7. The molecule has 154 valence electrons. The molecular formula is C18H18N2O8S. The van der Waals surface area contributed by atoms with Crippen LogP contribution in [0.2, 0.25) is 0 Å². The molecule has 0 spiro atoms. The molecule has 0 aromatic heterocycles. The predicted molar refractivity (Wildman–Crippen MR) is 98.1 cm³/mol. The molecule has 10 nitrogen and oxygen atoms in total. The normalized spacial score (nSPS) is 22.4. The van der Waals surface area contributed by atoms with Crippen LogP contribution in [-0.2, 0) is 29.0 Å². The fourth-order valence-electron chi connectivity index (χ4n) is 3.25. The predicted octanol–water partition coefficient (Wildman–Crippen LogP) is -0.408. The Balaban J connectivity index is 1.89. The van der Waals surface area contributed by atoms with Gasteiger partial charge in [0.1, 0.15) is 18.3 Å². The van der Waals surface area contributed by atoms with Crippen molar-refractivity contribution >= 4 is 33.6 Å². The van der Waals surface area contributed by atoms with Gasteiger partial charge in [0.25, 0.3) is 11.8 Å². The highest BCUT2D eigenvalue weighted by atomic mass is 32.2. The van der Waals surface area contributed by atoms with Gasteiger partial charge in [-0.25, -0.2) is 13.2 Å². The Hall–Kier alpha value is -3.21. The number of nitrogens with one attached hydrogen (secondary N) is 1. The number of nitrogens with zero attached hydrogens (tertiary/aromatic N) is 1. The Morgan fingerprint density at radius 2 is 1.86 bits per heavy atom. The molecule has 2 N–H and O–H groups in total. The molecule has 29 heavy (non-hydrogen) atoms. The minimum absolute atomic E-state index is 0.208. The molecule has 2 heterocycles. The van der Waals surface area contributed by atoms with Crippen LogP contribution in [0.4, 0.5) is 0 Å². The fourth-order valence-corrected chi connectivity index (χ4v) is 5.26. The van der Waals surface area contributed by atoms with Gasteiger partial charge in [0.15, 0.2) is 15.2 Å². The van der Waals surface area contributed by atoms with Crippen LogP contribution in [0.3, 0.4) is 0 Å². The van der Waals surface area contributed by atoms with Crippen molar-refractivity contribution in [3.63, 3.8) is 0 Å². The van der Waals surface area contributed by atoms with Crippen LogP contribution in [0.25, 0.3) is 0 Å². The van der Waals surface area contributed by atoms with E-state index in [1.54, 1.807) is 12.1 Å². The molecule has 1 aromatic carbocycles. The van der Waals surface area contributed by atoms with Crippen LogP contribution >= 0.6 is 0 Å². The second-order valence-electron chi connectivity index (χ2n) is 6.76. The lowest BCUT2D eigenvalue weighted by atomic mass is 10.0. The number of rotatable bonds is 5. The molecule has 1 saturated heterocycles. The van der Waals surface area contributed by atoms with Crippen LogP contribution in [0, 0.1) is 6.92 Å². The number of esters is 1. The standard InChI is InChI=1S/C18H18N2O8S/c1-9-3-5-11(6-4-9)15(22)19-13-16(23)20-14(18(24)25)12(7-28-10(2)21)8-29(26,27)17(13)20/h3-6,13,17H,7-8H2,1-2H3,(H,19,22)(H,24,25)/t13-,17-/m1/s1. The number of carbonyl (C=O) groups excluding carboxylic acids is 3. The minimum atomic E-state index is -4.03. The van der Waals surface area contributed by atoms with E-state index in [9.17, 15) is 32.7 Å². The molecule has 2 atom stereocenters. The van der Waals surface area contributed by atoms with Crippen molar-refractivity contribution in [2.75, 3.05) is 12.4 Å². The number of carboxylic acid groups (broad SMARTS) is 1. The Bertz CT molecular complexity index is 1040. The lowest BCUT2D eigenvalue weighted by Crippen LogP contribution is -2.74. The van der Waals surface area contributed by atoms with Crippen molar-refractivity contribution in [2.45, 2.75) is 25.3 Å². The number of fused-ring (bicyclic) bond motifs is 1. The highest BCUT2D eigenvalue weighted by Gasteiger charge is 2.60. The van der Waals surface area contributed by atoms with E-state index in [0.717, 1.165) is 12.5 Å². The molecule has 0 radical (unpaired) electrons. The van der Waals surface area contributed by atoms with Crippen LogP contribution in [-0.4, -0.2) is 66.0 Å². The monoisotopic (exact) mass is 422 g/mol. The second kappa shape index (κ2) is 7.32. The zero-order valence-corrected chi connectivity index (χ0v) is 16.4. The molecule has 0 bridgehead atoms. The number of ether oxygens (including phenoxy) is 1. The van der Waals surface area contributed by atoms with Crippen LogP contribution < -0.4 is 5.32 Å².